The SMILES string of the molecule is C=CC1=C[C@@H]2[C@H](O)C(=O)[C@H](O)C[C@H](C)[C@@H]3CC[C@@](C)(C[C@H](O)C4=NCC[C@@]42CC1)O3. The van der Waals surface area contributed by atoms with Gasteiger partial charge in [0, 0.05) is 30.0 Å². The van der Waals surface area contributed by atoms with Crippen LogP contribution in [-0.4, -0.2) is 63.4 Å². The Morgan fingerprint density at radius 2 is 2.00 bits per heavy atom. The summed E-state index contributed by atoms with van der Waals surface area (Å²) in [5, 5.41) is 33.1. The van der Waals surface area contributed by atoms with Gasteiger partial charge in [-0.05, 0) is 51.4 Å². The van der Waals surface area contributed by atoms with E-state index >= 15 is 0 Å². The van der Waals surface area contributed by atoms with Crippen LogP contribution in [0.2, 0.25) is 0 Å². The zero-order valence-corrected chi connectivity index (χ0v) is 18.1. The van der Waals surface area contributed by atoms with Crippen molar-refractivity contribution in [1.82, 2.24) is 0 Å². The molecule has 1 spiro atoms. The fourth-order valence-electron chi connectivity index (χ4n) is 6.24. The van der Waals surface area contributed by atoms with Gasteiger partial charge in [-0.15, -0.1) is 0 Å². The molecule has 8 atom stereocenters. The van der Waals surface area contributed by atoms with Gasteiger partial charge in [-0.25, -0.2) is 0 Å². The van der Waals surface area contributed by atoms with Crippen molar-refractivity contribution in [2.24, 2.45) is 22.2 Å². The molecule has 0 aromatic carbocycles. The van der Waals surface area contributed by atoms with Crippen molar-refractivity contribution in [1.29, 1.82) is 0 Å². The highest BCUT2D eigenvalue weighted by Gasteiger charge is 2.54. The number of carbonyl (C=O) groups excluding carboxylic acids is 1. The Morgan fingerprint density at radius 1 is 1.23 bits per heavy atom. The minimum absolute atomic E-state index is 0.0210. The summed E-state index contributed by atoms with van der Waals surface area (Å²) in [7, 11) is 0. The van der Waals surface area contributed by atoms with Crippen molar-refractivity contribution >= 4 is 11.5 Å². The molecule has 1 aliphatic carbocycles. The monoisotopic (exact) mass is 417 g/mol. The lowest BCUT2D eigenvalue weighted by Crippen LogP contribution is -2.51. The number of allylic oxidation sites excluding steroid dienone is 2. The molecule has 0 unspecified atom stereocenters. The molecule has 0 radical (unpaired) electrons. The molecule has 3 heterocycles. The second kappa shape index (κ2) is 7.97. The smallest absolute Gasteiger partial charge is 0.190 e. The first-order valence-corrected chi connectivity index (χ1v) is 11.3. The van der Waals surface area contributed by atoms with E-state index in [1.54, 1.807) is 6.08 Å². The maximum atomic E-state index is 13.1. The van der Waals surface area contributed by atoms with Crippen LogP contribution in [0.25, 0.3) is 0 Å². The number of nitrogens with zero attached hydrogens (tertiary/aromatic N) is 1. The topological polar surface area (TPSA) is 99.4 Å². The van der Waals surface area contributed by atoms with Crippen molar-refractivity contribution < 1.29 is 24.9 Å². The Hall–Kier alpha value is -1.34. The van der Waals surface area contributed by atoms with Crippen LogP contribution in [0, 0.1) is 17.3 Å². The van der Waals surface area contributed by atoms with Gasteiger partial charge in [0.1, 0.15) is 12.2 Å². The van der Waals surface area contributed by atoms with E-state index in [1.807, 2.05) is 19.9 Å². The fourth-order valence-corrected chi connectivity index (χ4v) is 6.24. The minimum atomic E-state index is -1.34. The first kappa shape index (κ1) is 21.9. The molecular formula is C24H35NO5. The average Bonchev–Trinajstić information content (AvgIpc) is 3.31. The lowest BCUT2D eigenvalue weighted by atomic mass is 9.60. The molecule has 4 rings (SSSR count). The average molecular weight is 418 g/mol. The Bertz CT molecular complexity index is 776. The third-order valence-electron chi connectivity index (χ3n) is 8.03. The van der Waals surface area contributed by atoms with Crippen LogP contribution in [0.3, 0.4) is 0 Å². The summed E-state index contributed by atoms with van der Waals surface area (Å²) in [5.41, 5.74) is 0.640. The van der Waals surface area contributed by atoms with Crippen LogP contribution < -0.4 is 0 Å². The Morgan fingerprint density at radius 3 is 2.73 bits per heavy atom. The summed E-state index contributed by atoms with van der Waals surface area (Å²) in [6, 6.07) is 0. The molecule has 4 aliphatic rings. The fraction of sp³-hybridized carbons (Fsp3) is 0.750. The first-order chi connectivity index (χ1) is 14.2. The van der Waals surface area contributed by atoms with Gasteiger partial charge in [-0.1, -0.05) is 31.2 Å². The highest BCUT2D eigenvalue weighted by Crippen LogP contribution is 2.51. The summed E-state index contributed by atoms with van der Waals surface area (Å²) in [4.78, 5) is 17.8. The largest absolute Gasteiger partial charge is 0.387 e. The molecule has 0 aromatic rings. The molecular weight excluding hydrogens is 382 g/mol. The zero-order chi connectivity index (χ0) is 21.7. The molecule has 0 aromatic heterocycles. The van der Waals surface area contributed by atoms with Gasteiger partial charge in [0.25, 0.3) is 0 Å². The molecule has 30 heavy (non-hydrogen) atoms. The summed E-state index contributed by atoms with van der Waals surface area (Å²) in [6.07, 6.45) is 4.78. The molecule has 6 heteroatoms. The normalized spacial score (nSPS) is 47.2. The minimum Gasteiger partial charge on any atom is -0.387 e. The number of ketones is 1. The molecule has 166 valence electrons. The number of rotatable bonds is 1. The van der Waals surface area contributed by atoms with Crippen molar-refractivity contribution in [2.75, 3.05) is 6.54 Å². The second-order valence-electron chi connectivity index (χ2n) is 10.1. The Balaban J connectivity index is 1.78. The van der Waals surface area contributed by atoms with Gasteiger partial charge in [-0.3, -0.25) is 9.79 Å². The number of aliphatic hydroxyl groups is 3. The number of carbonyl (C=O) groups is 1. The molecule has 6 nitrogen and oxygen atoms in total. The number of hydrogen-bond acceptors (Lipinski definition) is 6. The third-order valence-corrected chi connectivity index (χ3v) is 8.03. The van der Waals surface area contributed by atoms with Crippen LogP contribution in [0.5, 0.6) is 0 Å². The predicted molar refractivity (Wildman–Crippen MR) is 114 cm³/mol. The van der Waals surface area contributed by atoms with Gasteiger partial charge in [0.2, 0.25) is 0 Å². The lowest BCUT2D eigenvalue weighted by Gasteiger charge is -2.44. The number of hydrogen-bond donors (Lipinski definition) is 3. The maximum Gasteiger partial charge on any atom is 0.190 e. The van der Waals surface area contributed by atoms with Crippen molar-refractivity contribution in [2.45, 2.75) is 88.8 Å². The van der Waals surface area contributed by atoms with Gasteiger partial charge >= 0.3 is 0 Å². The van der Waals surface area contributed by atoms with Crippen molar-refractivity contribution in [3.63, 3.8) is 0 Å². The molecule has 2 saturated heterocycles. The van der Waals surface area contributed by atoms with Crippen molar-refractivity contribution in [3.05, 3.63) is 24.3 Å². The molecule has 2 bridgehead atoms. The number of Topliss-reactive ketones (excluding diaryl/α,β-unsaturated/α-hetero) is 1. The van der Waals surface area contributed by atoms with E-state index in [-0.39, 0.29) is 18.4 Å². The molecule has 0 saturated carbocycles. The molecule has 3 N–H and O–H groups in total. The summed E-state index contributed by atoms with van der Waals surface area (Å²) < 4.78 is 6.35. The van der Waals surface area contributed by atoms with Crippen LogP contribution in [-0.2, 0) is 9.53 Å². The summed E-state index contributed by atoms with van der Waals surface area (Å²) in [5.74, 6) is -1.10. The van der Waals surface area contributed by atoms with Gasteiger partial charge < -0.3 is 20.1 Å². The van der Waals surface area contributed by atoms with Gasteiger partial charge in [0.05, 0.1) is 17.8 Å². The third kappa shape index (κ3) is 3.62. The molecule has 2 fully saturated rings. The van der Waals surface area contributed by atoms with E-state index in [4.69, 9.17) is 9.73 Å². The number of fused-ring (bicyclic) bond motifs is 2. The lowest BCUT2D eigenvalue weighted by molar-refractivity contribution is -0.141. The van der Waals surface area contributed by atoms with E-state index in [2.05, 4.69) is 6.58 Å². The number of ether oxygens (including phenoxy) is 1. The number of aliphatic hydroxyl groups excluding tert-OH is 3. The standard InChI is InChI=1S/C24H35NO5/c1-4-15-5-8-24-9-10-25-22(24)18(27)13-23(3)7-6-19(30-23)14(2)11-17(26)21(29)20(28)16(24)12-15/h4,12,14,16-20,26-28H,1,5-11,13H2,2-3H3/t14-,16+,17+,18-,19-,20-,23-,24+/m0/s1. The highest BCUT2D eigenvalue weighted by molar-refractivity contribution is 5.97. The maximum absolute atomic E-state index is 13.1. The van der Waals surface area contributed by atoms with Gasteiger partial charge in [-0.2, -0.15) is 0 Å². The van der Waals surface area contributed by atoms with E-state index in [9.17, 15) is 20.1 Å². The van der Waals surface area contributed by atoms with Crippen molar-refractivity contribution in [3.8, 4) is 0 Å². The molecule has 0 amide bonds. The predicted octanol–water partition coefficient (Wildman–Crippen LogP) is 2.36. The highest BCUT2D eigenvalue weighted by atomic mass is 16.5. The zero-order valence-electron chi connectivity index (χ0n) is 18.1. The van der Waals surface area contributed by atoms with Crippen LogP contribution in [0.1, 0.15) is 58.8 Å². The van der Waals surface area contributed by atoms with Gasteiger partial charge in [0.15, 0.2) is 5.78 Å². The Labute approximate surface area is 178 Å². The summed E-state index contributed by atoms with van der Waals surface area (Å²) in [6.45, 7) is 8.44. The van der Waals surface area contributed by atoms with E-state index in [1.165, 1.54) is 0 Å². The Kier molecular flexibility index (Phi) is 5.81. The second-order valence-corrected chi connectivity index (χ2v) is 10.1. The van der Waals surface area contributed by atoms with Crippen LogP contribution >= 0.6 is 0 Å². The molecule has 3 aliphatic heterocycles. The van der Waals surface area contributed by atoms with E-state index < -0.39 is 41.0 Å². The first-order valence-electron chi connectivity index (χ1n) is 11.3. The van der Waals surface area contributed by atoms with E-state index in [0.717, 1.165) is 24.8 Å². The summed E-state index contributed by atoms with van der Waals surface area (Å²) >= 11 is 0. The van der Waals surface area contributed by atoms with Crippen LogP contribution in [0.15, 0.2) is 29.3 Å². The quantitative estimate of drug-likeness (QED) is 0.608. The number of aliphatic imine (C=N–C) groups is 1. The van der Waals surface area contributed by atoms with E-state index in [0.29, 0.717) is 31.5 Å². The van der Waals surface area contributed by atoms with Crippen LogP contribution in [0.4, 0.5) is 0 Å².